The molecule has 0 atom stereocenters. The SMILES string of the molecule is NCc1cccc(-c2ccc(C(F)(F)F)nc2)c1. The van der Waals surface area contributed by atoms with Crippen LogP contribution in [0.15, 0.2) is 42.6 Å². The van der Waals surface area contributed by atoms with Gasteiger partial charge in [0.1, 0.15) is 5.69 Å². The van der Waals surface area contributed by atoms with E-state index in [1.54, 1.807) is 0 Å². The number of rotatable bonds is 2. The fourth-order valence-corrected chi connectivity index (χ4v) is 1.61. The van der Waals surface area contributed by atoms with Gasteiger partial charge in [-0.25, -0.2) is 0 Å². The molecule has 2 rings (SSSR count). The summed E-state index contributed by atoms with van der Waals surface area (Å²) in [5, 5.41) is 0. The minimum Gasteiger partial charge on any atom is -0.326 e. The molecule has 0 fully saturated rings. The lowest BCUT2D eigenvalue weighted by Crippen LogP contribution is -2.07. The van der Waals surface area contributed by atoms with E-state index in [1.165, 1.54) is 12.3 Å². The summed E-state index contributed by atoms with van der Waals surface area (Å²) in [6.45, 7) is 0.391. The van der Waals surface area contributed by atoms with E-state index in [1.807, 2.05) is 24.3 Å². The highest BCUT2D eigenvalue weighted by molar-refractivity contribution is 5.63. The first-order valence-corrected chi connectivity index (χ1v) is 5.33. The molecular formula is C13H11F3N2. The Balaban J connectivity index is 2.34. The molecule has 0 spiro atoms. The van der Waals surface area contributed by atoms with Crippen LogP contribution in [-0.4, -0.2) is 4.98 Å². The first kappa shape index (κ1) is 12.6. The number of hydrogen-bond acceptors (Lipinski definition) is 2. The third-order valence-electron chi connectivity index (χ3n) is 2.55. The molecule has 0 amide bonds. The molecule has 0 aliphatic carbocycles. The molecule has 0 saturated heterocycles. The highest BCUT2D eigenvalue weighted by atomic mass is 19.4. The van der Waals surface area contributed by atoms with Crippen molar-refractivity contribution in [2.24, 2.45) is 5.73 Å². The summed E-state index contributed by atoms with van der Waals surface area (Å²) in [6, 6.07) is 9.71. The van der Waals surface area contributed by atoms with Crippen molar-refractivity contribution >= 4 is 0 Å². The van der Waals surface area contributed by atoms with Crippen LogP contribution in [-0.2, 0) is 12.7 Å². The second-order valence-electron chi connectivity index (χ2n) is 3.83. The van der Waals surface area contributed by atoms with Gasteiger partial charge in [0, 0.05) is 18.3 Å². The van der Waals surface area contributed by atoms with Crippen LogP contribution in [0.25, 0.3) is 11.1 Å². The van der Waals surface area contributed by atoms with Gasteiger partial charge in [-0.15, -0.1) is 0 Å². The van der Waals surface area contributed by atoms with Gasteiger partial charge in [0.05, 0.1) is 0 Å². The maximum absolute atomic E-state index is 12.4. The Morgan fingerprint density at radius 2 is 1.83 bits per heavy atom. The van der Waals surface area contributed by atoms with Crippen molar-refractivity contribution in [3.05, 3.63) is 53.9 Å². The second-order valence-corrected chi connectivity index (χ2v) is 3.83. The molecule has 5 heteroatoms. The third kappa shape index (κ3) is 2.68. The van der Waals surface area contributed by atoms with Crippen LogP contribution >= 0.6 is 0 Å². The quantitative estimate of drug-likeness (QED) is 0.891. The van der Waals surface area contributed by atoms with E-state index in [9.17, 15) is 13.2 Å². The highest BCUT2D eigenvalue weighted by Crippen LogP contribution is 2.29. The smallest absolute Gasteiger partial charge is 0.326 e. The van der Waals surface area contributed by atoms with Crippen LogP contribution in [0.1, 0.15) is 11.3 Å². The Morgan fingerprint density at radius 1 is 1.06 bits per heavy atom. The second kappa shape index (κ2) is 4.78. The number of alkyl halides is 3. The predicted octanol–water partition coefficient (Wildman–Crippen LogP) is 3.23. The number of nitrogens with zero attached hydrogens (tertiary/aromatic N) is 1. The molecule has 2 nitrogen and oxygen atoms in total. The highest BCUT2D eigenvalue weighted by Gasteiger charge is 2.31. The standard InChI is InChI=1S/C13H11F3N2/c14-13(15,16)12-5-4-11(8-18-12)10-3-1-2-9(6-10)7-17/h1-6,8H,7,17H2. The fraction of sp³-hybridized carbons (Fsp3) is 0.154. The number of nitrogens with two attached hydrogens (primary N) is 1. The third-order valence-corrected chi connectivity index (χ3v) is 2.55. The zero-order chi connectivity index (χ0) is 13.2. The van der Waals surface area contributed by atoms with Crippen molar-refractivity contribution in [3.8, 4) is 11.1 Å². The summed E-state index contributed by atoms with van der Waals surface area (Å²) in [5.74, 6) is 0. The van der Waals surface area contributed by atoms with Crippen molar-refractivity contribution in [1.29, 1.82) is 0 Å². The number of aromatic nitrogens is 1. The van der Waals surface area contributed by atoms with Crippen molar-refractivity contribution < 1.29 is 13.2 Å². The summed E-state index contributed by atoms with van der Waals surface area (Å²) in [5.41, 5.74) is 6.99. The van der Waals surface area contributed by atoms with Gasteiger partial charge in [0.15, 0.2) is 0 Å². The summed E-state index contributed by atoms with van der Waals surface area (Å²) >= 11 is 0. The molecule has 0 aliphatic rings. The lowest BCUT2D eigenvalue weighted by molar-refractivity contribution is -0.141. The Kier molecular flexibility index (Phi) is 3.34. The molecule has 1 heterocycles. The van der Waals surface area contributed by atoms with Crippen molar-refractivity contribution in [1.82, 2.24) is 4.98 Å². The molecule has 0 aliphatic heterocycles. The van der Waals surface area contributed by atoms with Gasteiger partial charge in [0.2, 0.25) is 0 Å². The van der Waals surface area contributed by atoms with Crippen LogP contribution in [0.3, 0.4) is 0 Å². The van der Waals surface area contributed by atoms with Crippen LogP contribution < -0.4 is 5.73 Å². The summed E-state index contributed by atoms with van der Waals surface area (Å²) in [6.07, 6.45) is -3.18. The zero-order valence-electron chi connectivity index (χ0n) is 9.41. The van der Waals surface area contributed by atoms with Crippen molar-refractivity contribution in [2.45, 2.75) is 12.7 Å². The maximum Gasteiger partial charge on any atom is 0.433 e. The van der Waals surface area contributed by atoms with E-state index in [2.05, 4.69) is 4.98 Å². The van der Waals surface area contributed by atoms with Crippen LogP contribution in [0.4, 0.5) is 13.2 Å². The van der Waals surface area contributed by atoms with E-state index < -0.39 is 11.9 Å². The van der Waals surface area contributed by atoms with Gasteiger partial charge >= 0.3 is 6.18 Å². The molecule has 94 valence electrons. The predicted molar refractivity (Wildman–Crippen MR) is 62.6 cm³/mol. The first-order valence-electron chi connectivity index (χ1n) is 5.33. The first-order chi connectivity index (χ1) is 8.50. The Hall–Kier alpha value is -1.88. The molecule has 0 radical (unpaired) electrons. The number of pyridine rings is 1. The van der Waals surface area contributed by atoms with E-state index >= 15 is 0 Å². The number of hydrogen-bond donors (Lipinski definition) is 1. The maximum atomic E-state index is 12.4. The molecule has 0 saturated carbocycles. The van der Waals surface area contributed by atoms with Gasteiger partial charge in [0.25, 0.3) is 0 Å². The molecular weight excluding hydrogens is 241 g/mol. The topological polar surface area (TPSA) is 38.9 Å². The van der Waals surface area contributed by atoms with Crippen molar-refractivity contribution in [3.63, 3.8) is 0 Å². The van der Waals surface area contributed by atoms with Gasteiger partial charge in [-0.2, -0.15) is 13.2 Å². The van der Waals surface area contributed by atoms with Crippen LogP contribution in [0, 0.1) is 0 Å². The molecule has 1 aromatic carbocycles. The average molecular weight is 252 g/mol. The van der Waals surface area contributed by atoms with E-state index in [4.69, 9.17) is 5.73 Å². The minimum absolute atomic E-state index is 0.391. The fourth-order valence-electron chi connectivity index (χ4n) is 1.61. The van der Waals surface area contributed by atoms with Gasteiger partial charge < -0.3 is 5.73 Å². The van der Waals surface area contributed by atoms with E-state index in [-0.39, 0.29) is 0 Å². The van der Waals surface area contributed by atoms with Gasteiger partial charge in [-0.05, 0) is 23.3 Å². The molecule has 2 N–H and O–H groups in total. The Bertz CT molecular complexity index is 533. The largest absolute Gasteiger partial charge is 0.433 e. The number of halogens is 3. The normalized spacial score (nSPS) is 11.6. The summed E-state index contributed by atoms with van der Waals surface area (Å²) < 4.78 is 37.1. The van der Waals surface area contributed by atoms with Gasteiger partial charge in [-0.3, -0.25) is 4.98 Å². The average Bonchev–Trinajstić information content (AvgIpc) is 2.38. The summed E-state index contributed by atoms with van der Waals surface area (Å²) in [4.78, 5) is 3.43. The zero-order valence-corrected chi connectivity index (χ0v) is 9.41. The monoisotopic (exact) mass is 252 g/mol. The van der Waals surface area contributed by atoms with E-state index in [0.717, 1.165) is 17.2 Å². The molecule has 0 bridgehead atoms. The van der Waals surface area contributed by atoms with Gasteiger partial charge in [-0.1, -0.05) is 24.3 Å². The molecule has 0 unspecified atom stereocenters. The lowest BCUT2D eigenvalue weighted by Gasteiger charge is -2.07. The summed E-state index contributed by atoms with van der Waals surface area (Å²) in [7, 11) is 0. The minimum atomic E-state index is -4.41. The Labute approximate surface area is 102 Å². The number of benzene rings is 1. The van der Waals surface area contributed by atoms with Crippen molar-refractivity contribution in [2.75, 3.05) is 0 Å². The van der Waals surface area contributed by atoms with Crippen LogP contribution in [0.2, 0.25) is 0 Å². The van der Waals surface area contributed by atoms with E-state index in [0.29, 0.717) is 12.1 Å². The Morgan fingerprint density at radius 3 is 2.39 bits per heavy atom. The van der Waals surface area contributed by atoms with Crippen LogP contribution in [0.5, 0.6) is 0 Å². The molecule has 18 heavy (non-hydrogen) atoms. The molecule has 2 aromatic rings. The lowest BCUT2D eigenvalue weighted by atomic mass is 10.0. The molecule has 1 aromatic heterocycles.